The smallest absolute Gasteiger partial charge is 0.303 e. The third kappa shape index (κ3) is 18.0. The van der Waals surface area contributed by atoms with Gasteiger partial charge in [0.25, 0.3) is 11.8 Å². The maximum Gasteiger partial charge on any atom is 0.303 e. The lowest BCUT2D eigenvalue weighted by atomic mass is 9.81. The molecule has 1 aromatic carbocycles. The predicted molar refractivity (Wildman–Crippen MR) is 344 cm³/mol. The van der Waals surface area contributed by atoms with Gasteiger partial charge < -0.3 is 84.7 Å². The highest BCUT2D eigenvalue weighted by Gasteiger charge is 2.69. The molecule has 28 nitrogen and oxygen atoms in total. The minimum absolute atomic E-state index is 0.00836. The molecule has 8 amide bonds. The summed E-state index contributed by atoms with van der Waals surface area (Å²) in [5.41, 5.74) is 2.65. The SMILES string of the molecule is C=C1C[C@@H]2CC[C@@]34C[C@H]5OC6C(O[C@H]7CC[C@H](CC(=O)C[C@@H]8[C@@H](OC)[C@@H](C[C@H](O)CNC(=O)CNC(=O)[C@H](Cc9ccccc9)NC(=O)CNC(=O)CNC(=O)C(CCC(=O)O)NC(=O)CCCCCN9C(=O)C=CC9=O)O[C@H]8C[C@H]8O[C@@H](CC[C@@H]1O2)C[C@@H](C)C8=C)O[C@@H]7[C@@H]6O3)[C@H]5O4. The number of carbonyl (C=O) groups excluding carboxylic acids is 9. The second-order valence-corrected chi connectivity index (χ2v) is 28.0. The number of carboxylic acid groups (broad SMARTS) is 1. The zero-order valence-electron chi connectivity index (χ0n) is 55.8. The molecule has 11 heterocycles. The molecule has 1 aromatic rings. The van der Waals surface area contributed by atoms with Crippen LogP contribution in [0, 0.1) is 11.8 Å². The number of rotatable bonds is 26. The second kappa shape index (κ2) is 32.6. The lowest BCUT2D eigenvalue weighted by molar-refractivity contribution is -0.292. The summed E-state index contributed by atoms with van der Waals surface area (Å²) >= 11 is 0. The van der Waals surface area contributed by atoms with Crippen LogP contribution in [0.2, 0.25) is 0 Å². The van der Waals surface area contributed by atoms with Gasteiger partial charge in [-0.05, 0) is 86.8 Å². The van der Waals surface area contributed by atoms with Crippen LogP contribution in [0.3, 0.4) is 0 Å². The standard InChI is InChI=1S/C70H95N7O21/c1-37-25-43-14-17-49-38(2)26-45(91-49)22-23-70-32-54-64(97-70)65-66(96-54)67(98-70)63-50(95-65)18-15-44(93-63)28-41(78)29-46-52(31-51(92-43)39(37)3)94-53(62(46)90-4)30-42(79)33-71-56(81)34-74-69(89)48(27-40-11-7-5-8-12-40)76-58(83)36-72-57(82)35-73-68(88)47(16-21-61(86)87)75-55(80)13-9-6-10-24-77-59(84)19-20-60(77)85/h5,7-8,11-12,19-20,37,42-54,62-67,79H,2-3,6,9-10,13-18,21-36H2,1,4H3,(H,71,81)(H,72,82)(H,73,88)(H,74,89)(H,75,80)(H,76,83)(H,86,87)/t37-,42+,43+,44-,45+,46+,47?,48+,49+,50+,51-,52+,53-,54-,62-,63+,64+,65?,66?,67+,70+/m1/s1. The van der Waals surface area contributed by atoms with Crippen molar-refractivity contribution >= 4 is 59.0 Å². The molecular formula is C70H95N7O21. The number of ether oxygens (including phenoxy) is 9. The van der Waals surface area contributed by atoms with Crippen LogP contribution in [0.25, 0.3) is 0 Å². The number of aliphatic hydroxyl groups excluding tert-OH is 1. The molecule has 21 atom stereocenters. The molecule has 11 aliphatic heterocycles. The number of carbonyl (C=O) groups is 10. The van der Waals surface area contributed by atoms with Crippen LogP contribution in [0.15, 0.2) is 66.8 Å². The van der Waals surface area contributed by atoms with Crippen LogP contribution in [0.5, 0.6) is 0 Å². The first-order valence-corrected chi connectivity index (χ1v) is 34.9. The maximum absolute atomic E-state index is 14.6. The third-order valence-corrected chi connectivity index (χ3v) is 21.0. The van der Waals surface area contributed by atoms with E-state index in [1.54, 1.807) is 37.4 Å². The summed E-state index contributed by atoms with van der Waals surface area (Å²) in [6.45, 7) is 9.20. The Hall–Kier alpha value is -6.86. The number of unbranched alkanes of at least 4 members (excludes halogenated alkanes) is 2. The minimum Gasteiger partial charge on any atom is -0.481 e. The second-order valence-electron chi connectivity index (χ2n) is 28.0. The van der Waals surface area contributed by atoms with Crippen LogP contribution in [-0.2, 0) is 97.0 Å². The lowest BCUT2D eigenvalue weighted by Gasteiger charge is -2.47. The van der Waals surface area contributed by atoms with E-state index in [4.69, 9.17) is 42.6 Å². The number of ketones is 1. The fourth-order valence-electron chi connectivity index (χ4n) is 15.9. The Labute approximate surface area is 569 Å². The maximum atomic E-state index is 14.6. The molecule has 3 unspecified atom stereocenters. The van der Waals surface area contributed by atoms with Crippen molar-refractivity contribution in [2.24, 2.45) is 11.8 Å². The van der Waals surface area contributed by atoms with Crippen LogP contribution in [0.1, 0.15) is 134 Å². The third-order valence-electron chi connectivity index (χ3n) is 21.0. The zero-order chi connectivity index (χ0) is 69.4. The van der Waals surface area contributed by atoms with Gasteiger partial charge in [0.2, 0.25) is 35.4 Å². The molecule has 10 fully saturated rings. The lowest BCUT2D eigenvalue weighted by Crippen LogP contribution is -2.61. The first-order valence-electron chi connectivity index (χ1n) is 34.9. The molecule has 0 aliphatic carbocycles. The number of aliphatic hydroxyl groups is 1. The van der Waals surface area contributed by atoms with E-state index >= 15 is 0 Å². The molecule has 12 bridgehead atoms. The van der Waals surface area contributed by atoms with Crippen LogP contribution in [0.4, 0.5) is 0 Å². The van der Waals surface area contributed by atoms with Gasteiger partial charge in [-0.15, -0.1) is 0 Å². The molecule has 11 aliphatic rings. The first kappa shape index (κ1) is 72.4. The Balaban J connectivity index is 0.664. The summed E-state index contributed by atoms with van der Waals surface area (Å²) in [5.74, 6) is -7.71. The summed E-state index contributed by atoms with van der Waals surface area (Å²) in [7, 11) is 1.55. The van der Waals surface area contributed by atoms with Crippen molar-refractivity contribution in [2.45, 2.75) is 251 Å². The fourth-order valence-corrected chi connectivity index (χ4v) is 15.9. The Kier molecular flexibility index (Phi) is 24.1. The molecule has 0 radical (unpaired) electrons. The molecule has 10 saturated heterocycles. The highest BCUT2D eigenvalue weighted by molar-refractivity contribution is 6.12. The Morgan fingerprint density at radius 3 is 2.08 bits per heavy atom. The highest BCUT2D eigenvalue weighted by Crippen LogP contribution is 2.54. The number of nitrogens with zero attached hydrogens (tertiary/aromatic N) is 1. The van der Waals surface area contributed by atoms with Crippen molar-refractivity contribution in [3.63, 3.8) is 0 Å². The van der Waals surface area contributed by atoms with Crippen LogP contribution >= 0.6 is 0 Å². The average Bonchev–Trinajstić information content (AvgIpc) is 1.55. The van der Waals surface area contributed by atoms with Gasteiger partial charge in [0, 0.05) is 96.1 Å². The van der Waals surface area contributed by atoms with Gasteiger partial charge in [-0.2, -0.15) is 0 Å². The van der Waals surface area contributed by atoms with Crippen molar-refractivity contribution in [1.29, 1.82) is 0 Å². The number of amides is 8. The molecule has 8 N–H and O–H groups in total. The Morgan fingerprint density at radius 1 is 0.653 bits per heavy atom. The summed E-state index contributed by atoms with van der Waals surface area (Å²) in [5, 5.41) is 35.9. The van der Waals surface area contributed by atoms with Gasteiger partial charge in [0.1, 0.15) is 48.4 Å². The summed E-state index contributed by atoms with van der Waals surface area (Å²) in [6, 6.07) is 6.18. The van der Waals surface area contributed by atoms with Gasteiger partial charge >= 0.3 is 5.97 Å². The van der Waals surface area contributed by atoms with E-state index in [1.165, 1.54) is 12.2 Å². The molecule has 12 rings (SSSR count). The molecule has 0 saturated carbocycles. The van der Waals surface area contributed by atoms with E-state index in [2.05, 4.69) is 52.0 Å². The highest BCUT2D eigenvalue weighted by atomic mass is 16.8. The number of benzene rings is 1. The van der Waals surface area contributed by atoms with Crippen LogP contribution < -0.4 is 31.9 Å². The van der Waals surface area contributed by atoms with Crippen molar-refractivity contribution in [3.8, 4) is 0 Å². The average molecular weight is 1370 g/mol. The minimum atomic E-state index is -1.31. The molecule has 28 heteroatoms. The first-order chi connectivity index (χ1) is 47.1. The van der Waals surface area contributed by atoms with Gasteiger partial charge in [0.05, 0.1) is 86.8 Å². The fraction of sp³-hybridized carbons (Fsp3) is 0.686. The van der Waals surface area contributed by atoms with Gasteiger partial charge in [-0.25, -0.2) is 0 Å². The van der Waals surface area contributed by atoms with E-state index in [0.717, 1.165) is 48.2 Å². The topological polar surface area (TPSA) is 370 Å². The van der Waals surface area contributed by atoms with Crippen molar-refractivity contribution in [2.75, 3.05) is 39.8 Å². The normalized spacial score (nSPS) is 34.2. The zero-order valence-corrected chi connectivity index (χ0v) is 55.8. The number of methoxy groups -OCH3 is 1. The largest absolute Gasteiger partial charge is 0.481 e. The molecule has 536 valence electrons. The quantitative estimate of drug-likeness (QED) is 0.0370. The number of hydrogen-bond acceptors (Lipinski definition) is 20. The van der Waals surface area contributed by atoms with E-state index in [0.29, 0.717) is 56.9 Å². The van der Waals surface area contributed by atoms with E-state index < -0.39 is 152 Å². The number of Topliss-reactive ketones (excluding diaryl/α,β-unsaturated/α-hetero) is 1. The van der Waals surface area contributed by atoms with Crippen LogP contribution in [-0.4, -0.2) is 229 Å². The molecule has 0 aromatic heterocycles. The van der Waals surface area contributed by atoms with Gasteiger partial charge in [-0.3, -0.25) is 52.8 Å². The molecular weight excluding hydrogens is 1270 g/mol. The van der Waals surface area contributed by atoms with Crippen molar-refractivity contribution in [3.05, 3.63) is 72.4 Å². The molecule has 1 spiro atoms. The van der Waals surface area contributed by atoms with Crippen molar-refractivity contribution in [1.82, 2.24) is 36.8 Å². The number of hydrogen-bond donors (Lipinski definition) is 8. The van der Waals surface area contributed by atoms with E-state index in [-0.39, 0.29) is 112 Å². The summed E-state index contributed by atoms with van der Waals surface area (Å²) in [6.07, 6.45) is 3.27. The predicted octanol–water partition coefficient (Wildman–Crippen LogP) is 1.51. The van der Waals surface area contributed by atoms with Gasteiger partial charge in [0.15, 0.2) is 5.79 Å². The van der Waals surface area contributed by atoms with E-state index in [1.807, 2.05) is 0 Å². The summed E-state index contributed by atoms with van der Waals surface area (Å²) < 4.78 is 60.7. The molecule has 98 heavy (non-hydrogen) atoms. The number of aliphatic carboxylic acids is 1. The van der Waals surface area contributed by atoms with E-state index in [9.17, 15) is 58.2 Å². The number of fused-ring (bicyclic) bond motifs is 6. The summed E-state index contributed by atoms with van der Waals surface area (Å²) in [4.78, 5) is 130. The monoisotopic (exact) mass is 1370 g/mol. The number of imide groups is 1. The van der Waals surface area contributed by atoms with Gasteiger partial charge in [-0.1, -0.05) is 56.8 Å². The number of carboxylic acids is 1. The Morgan fingerprint density at radius 2 is 1.33 bits per heavy atom. The van der Waals surface area contributed by atoms with Crippen molar-refractivity contribution < 1.29 is 101 Å². The Bertz CT molecular complexity index is 3150. The number of nitrogens with one attached hydrogen (secondary N) is 6.